The highest BCUT2D eigenvalue weighted by Gasteiger charge is 2.04. The van der Waals surface area contributed by atoms with E-state index in [0.717, 1.165) is 0 Å². The van der Waals surface area contributed by atoms with Crippen molar-refractivity contribution >= 4 is 11.8 Å². The molecule has 0 amide bonds. The molecule has 0 rings (SSSR count). The van der Waals surface area contributed by atoms with Crippen LogP contribution in [0.2, 0.25) is 0 Å². The summed E-state index contributed by atoms with van der Waals surface area (Å²) in [4.78, 5) is 20.1. The molecule has 0 heterocycles. The minimum absolute atomic E-state index is 0.0718. The third-order valence-electron chi connectivity index (χ3n) is 0.821. The van der Waals surface area contributed by atoms with Gasteiger partial charge in [0, 0.05) is 6.42 Å². The highest BCUT2D eigenvalue weighted by molar-refractivity contribution is 6.31. The van der Waals surface area contributed by atoms with Crippen LogP contribution in [0.25, 0.3) is 0 Å². The number of Topliss-reactive ketones (excluding diaryl/α,β-unsaturated/α-hetero) is 1. The quantitative estimate of drug-likeness (QED) is 0.476. The molecule has 3 nitrogen and oxygen atoms in total. The maximum Gasteiger partial charge on any atom is 0.178 e. The van der Waals surface area contributed by atoms with Crippen molar-refractivity contribution in [3.8, 4) is 0 Å². The van der Waals surface area contributed by atoms with Gasteiger partial charge in [-0.1, -0.05) is 13.8 Å². The van der Waals surface area contributed by atoms with Crippen LogP contribution in [0, 0.1) is 5.92 Å². The standard InChI is InChI=1S/C6H10O3/c1-4(2)3-5(7)6(8)9/h4H,3H2,1-2H3,(H,8,9)/p-1. The normalized spacial score (nSPS) is 9.67. The van der Waals surface area contributed by atoms with E-state index >= 15 is 0 Å². The van der Waals surface area contributed by atoms with Gasteiger partial charge < -0.3 is 9.90 Å². The highest BCUT2D eigenvalue weighted by Crippen LogP contribution is 1.98. The Hall–Kier alpha value is -0.860. The van der Waals surface area contributed by atoms with Crippen LogP contribution in [0.15, 0.2) is 0 Å². The lowest BCUT2D eigenvalue weighted by Crippen LogP contribution is -2.32. The van der Waals surface area contributed by atoms with Crippen LogP contribution >= 0.6 is 0 Å². The Morgan fingerprint density at radius 1 is 1.44 bits per heavy atom. The smallest absolute Gasteiger partial charge is 0.178 e. The molecule has 0 N–H and O–H groups in total. The first-order valence-electron chi connectivity index (χ1n) is 2.78. The number of rotatable bonds is 3. The average molecular weight is 129 g/mol. The summed E-state index contributed by atoms with van der Waals surface area (Å²) in [7, 11) is 0. The fraction of sp³-hybridized carbons (Fsp3) is 0.667. The second-order valence-corrected chi connectivity index (χ2v) is 2.31. The van der Waals surface area contributed by atoms with E-state index in [1.807, 2.05) is 0 Å². The Morgan fingerprint density at radius 3 is 2.00 bits per heavy atom. The molecule has 0 spiro atoms. The summed E-state index contributed by atoms with van der Waals surface area (Å²) in [5, 5.41) is 9.77. The number of carboxylic acid groups (broad SMARTS) is 1. The fourth-order valence-electron chi connectivity index (χ4n) is 0.454. The molecule has 0 aliphatic rings. The molecule has 0 aromatic carbocycles. The second kappa shape index (κ2) is 3.22. The van der Waals surface area contributed by atoms with E-state index in [9.17, 15) is 14.7 Å². The molecule has 0 saturated heterocycles. The molecule has 0 bridgehead atoms. The van der Waals surface area contributed by atoms with E-state index in [0.29, 0.717) is 0 Å². The van der Waals surface area contributed by atoms with Crippen LogP contribution in [-0.4, -0.2) is 11.8 Å². The first-order valence-corrected chi connectivity index (χ1v) is 2.78. The molecular formula is C6H9O3-. The molecule has 0 aliphatic heterocycles. The fourth-order valence-corrected chi connectivity index (χ4v) is 0.454. The van der Waals surface area contributed by atoms with Gasteiger partial charge >= 0.3 is 0 Å². The molecular weight excluding hydrogens is 120 g/mol. The first-order chi connectivity index (χ1) is 4.04. The third-order valence-corrected chi connectivity index (χ3v) is 0.821. The van der Waals surface area contributed by atoms with Crippen LogP contribution in [0.3, 0.4) is 0 Å². The van der Waals surface area contributed by atoms with Gasteiger partial charge in [-0.25, -0.2) is 0 Å². The van der Waals surface area contributed by atoms with E-state index in [2.05, 4.69) is 0 Å². The number of carbonyl (C=O) groups is 2. The maximum atomic E-state index is 10.3. The van der Waals surface area contributed by atoms with Gasteiger partial charge in [0.25, 0.3) is 0 Å². The molecule has 52 valence electrons. The minimum atomic E-state index is -1.58. The van der Waals surface area contributed by atoms with Gasteiger partial charge in [-0.15, -0.1) is 0 Å². The van der Waals surface area contributed by atoms with Crippen molar-refractivity contribution in [1.29, 1.82) is 0 Å². The number of carboxylic acids is 1. The van der Waals surface area contributed by atoms with Gasteiger partial charge in [-0.05, 0) is 5.92 Å². The van der Waals surface area contributed by atoms with Crippen LogP contribution in [0.1, 0.15) is 20.3 Å². The van der Waals surface area contributed by atoms with Gasteiger partial charge in [-0.2, -0.15) is 0 Å². The van der Waals surface area contributed by atoms with Crippen LogP contribution in [0.4, 0.5) is 0 Å². The van der Waals surface area contributed by atoms with Crippen molar-refractivity contribution in [3.05, 3.63) is 0 Å². The lowest BCUT2D eigenvalue weighted by atomic mass is 10.1. The van der Waals surface area contributed by atoms with Crippen LogP contribution in [0.5, 0.6) is 0 Å². The molecule has 9 heavy (non-hydrogen) atoms. The number of aliphatic carboxylic acids is 1. The van der Waals surface area contributed by atoms with Crippen molar-refractivity contribution in [2.75, 3.05) is 0 Å². The van der Waals surface area contributed by atoms with E-state index in [1.165, 1.54) is 0 Å². The molecule has 0 aromatic heterocycles. The summed E-state index contributed by atoms with van der Waals surface area (Å²) in [6, 6.07) is 0. The molecule has 0 fully saturated rings. The van der Waals surface area contributed by atoms with Crippen molar-refractivity contribution in [2.45, 2.75) is 20.3 Å². The van der Waals surface area contributed by atoms with Crippen molar-refractivity contribution in [1.82, 2.24) is 0 Å². The first kappa shape index (κ1) is 8.14. The predicted octanol–water partition coefficient (Wildman–Crippen LogP) is -0.649. The van der Waals surface area contributed by atoms with Gasteiger partial charge in [0.2, 0.25) is 0 Å². The van der Waals surface area contributed by atoms with Crippen LogP contribution < -0.4 is 5.11 Å². The lowest BCUT2D eigenvalue weighted by molar-refractivity contribution is -0.300. The van der Waals surface area contributed by atoms with Gasteiger partial charge in [-0.3, -0.25) is 4.79 Å². The predicted molar refractivity (Wildman–Crippen MR) is 29.5 cm³/mol. The average Bonchev–Trinajstić information content (AvgIpc) is 1.63. The second-order valence-electron chi connectivity index (χ2n) is 2.31. The molecule has 0 aliphatic carbocycles. The Balaban J connectivity index is 3.65. The van der Waals surface area contributed by atoms with Gasteiger partial charge in [0.1, 0.15) is 5.97 Å². The monoisotopic (exact) mass is 129 g/mol. The Bertz CT molecular complexity index is 126. The van der Waals surface area contributed by atoms with Crippen molar-refractivity contribution in [3.63, 3.8) is 0 Å². The number of hydrogen-bond donors (Lipinski definition) is 0. The summed E-state index contributed by atoms with van der Waals surface area (Å²) in [6.45, 7) is 3.56. The summed E-state index contributed by atoms with van der Waals surface area (Å²) >= 11 is 0. The summed E-state index contributed by atoms with van der Waals surface area (Å²) in [5.41, 5.74) is 0. The summed E-state index contributed by atoms with van der Waals surface area (Å²) in [6.07, 6.45) is 0.0718. The third kappa shape index (κ3) is 3.70. The SMILES string of the molecule is CC(C)CC(=O)C(=O)[O-]. The number of hydrogen-bond acceptors (Lipinski definition) is 3. The molecule has 0 radical (unpaired) electrons. The number of ketones is 1. The largest absolute Gasteiger partial charge is 0.542 e. The summed E-state index contributed by atoms with van der Waals surface area (Å²) < 4.78 is 0. The maximum absolute atomic E-state index is 10.3. The topological polar surface area (TPSA) is 57.2 Å². The summed E-state index contributed by atoms with van der Waals surface area (Å²) in [5.74, 6) is -2.30. The molecule has 0 atom stereocenters. The van der Waals surface area contributed by atoms with E-state index < -0.39 is 11.8 Å². The Morgan fingerprint density at radius 2 is 1.89 bits per heavy atom. The zero-order valence-corrected chi connectivity index (χ0v) is 5.51. The van der Waals surface area contributed by atoms with E-state index in [4.69, 9.17) is 0 Å². The minimum Gasteiger partial charge on any atom is -0.542 e. The highest BCUT2D eigenvalue weighted by atomic mass is 16.4. The number of carbonyl (C=O) groups excluding carboxylic acids is 2. The molecule has 0 aromatic rings. The van der Waals surface area contributed by atoms with Gasteiger partial charge in [0.05, 0.1) is 0 Å². The van der Waals surface area contributed by atoms with Gasteiger partial charge in [0.15, 0.2) is 5.78 Å². The Kier molecular flexibility index (Phi) is 2.91. The lowest BCUT2D eigenvalue weighted by Gasteiger charge is -2.02. The molecule has 0 saturated carbocycles. The molecule has 3 heteroatoms. The Labute approximate surface area is 53.7 Å². The zero-order valence-electron chi connectivity index (χ0n) is 5.51. The van der Waals surface area contributed by atoms with E-state index in [-0.39, 0.29) is 12.3 Å². The van der Waals surface area contributed by atoms with Crippen LogP contribution in [-0.2, 0) is 9.59 Å². The zero-order chi connectivity index (χ0) is 7.44. The molecule has 0 unspecified atom stereocenters. The van der Waals surface area contributed by atoms with Crippen molar-refractivity contribution in [2.24, 2.45) is 5.92 Å². The van der Waals surface area contributed by atoms with E-state index in [1.54, 1.807) is 13.8 Å². The van der Waals surface area contributed by atoms with Crippen molar-refractivity contribution < 1.29 is 14.7 Å².